The molecule has 0 saturated heterocycles. The van der Waals surface area contributed by atoms with Crippen LogP contribution in [0.2, 0.25) is 0 Å². The van der Waals surface area contributed by atoms with Crippen LogP contribution < -0.4 is 26.2 Å². The van der Waals surface area contributed by atoms with Gasteiger partial charge < -0.3 is 35.4 Å². The van der Waals surface area contributed by atoms with Gasteiger partial charge in [0.05, 0.1) is 11.4 Å². The van der Waals surface area contributed by atoms with Crippen LogP contribution in [0.3, 0.4) is 0 Å². The summed E-state index contributed by atoms with van der Waals surface area (Å²) in [6, 6.07) is 31.5. The van der Waals surface area contributed by atoms with E-state index in [4.69, 9.17) is 4.74 Å². The summed E-state index contributed by atoms with van der Waals surface area (Å²) in [4.78, 5) is 142. The Morgan fingerprint density at radius 2 is 1.18 bits per heavy atom. The molecule has 21 nitrogen and oxygen atoms in total. The van der Waals surface area contributed by atoms with Crippen molar-refractivity contribution in [3.8, 4) is 0 Å². The number of unbranched alkanes of at least 4 members (excludes halogenated alkanes) is 2. The molecule has 6 aromatic carbocycles. The highest BCUT2D eigenvalue weighted by atomic mass is 16.5. The molecule has 4 aliphatic heterocycles. The zero-order valence-corrected chi connectivity index (χ0v) is 51.4. The maximum atomic E-state index is 14.0. The van der Waals surface area contributed by atoms with Gasteiger partial charge in [-0.25, -0.2) is 4.79 Å². The average Bonchev–Trinajstić information content (AvgIpc) is 0.973. The summed E-state index contributed by atoms with van der Waals surface area (Å²) in [5.74, 6) is -3.23. The van der Waals surface area contributed by atoms with E-state index in [-0.39, 0.29) is 68.6 Å². The zero-order valence-electron chi connectivity index (χ0n) is 51.4. The summed E-state index contributed by atoms with van der Waals surface area (Å²) >= 11 is 0. The first-order chi connectivity index (χ1) is 43.9. The second-order valence-corrected chi connectivity index (χ2v) is 23.5. The SMILES string of the molecule is CC1C=CN(c2ccc3c4c(cccc24)C(=O)N(CCN(C)CCCN(C)CCN2C(=O)c4cccc5c(NC(=O)OCc6ccc(NC(=O)[C@H](Cc7ccccc7)NC(=O)C(C)NC(=O)CCCCCN7C(=O)C=CC7=O)cc6)ccc(c45)C2=O)C3=O)C=CC1. The van der Waals surface area contributed by atoms with E-state index in [9.17, 15) is 47.9 Å². The molecule has 4 heterocycles. The van der Waals surface area contributed by atoms with Crippen molar-refractivity contribution in [3.05, 3.63) is 185 Å². The number of hydrogen-bond donors (Lipinski definition) is 4. The molecule has 10 amide bonds. The molecule has 0 fully saturated rings. The van der Waals surface area contributed by atoms with E-state index < -0.39 is 41.8 Å². The van der Waals surface area contributed by atoms with E-state index in [1.165, 1.54) is 28.9 Å². The van der Waals surface area contributed by atoms with Crippen LogP contribution in [0.25, 0.3) is 21.5 Å². The van der Waals surface area contributed by atoms with Gasteiger partial charge in [-0.3, -0.25) is 63.2 Å². The highest BCUT2D eigenvalue weighted by Gasteiger charge is 2.36. The third-order valence-corrected chi connectivity index (χ3v) is 16.8. The van der Waals surface area contributed by atoms with E-state index in [2.05, 4.69) is 50.1 Å². The number of nitrogens with one attached hydrogen (secondary N) is 4. The fourth-order valence-corrected chi connectivity index (χ4v) is 11.6. The Kier molecular flexibility index (Phi) is 20.4. The summed E-state index contributed by atoms with van der Waals surface area (Å²) in [5, 5.41) is 13.5. The number of hydrogen-bond acceptors (Lipinski definition) is 14. The first kappa shape index (κ1) is 63.9. The van der Waals surface area contributed by atoms with E-state index >= 15 is 0 Å². The molecule has 91 heavy (non-hydrogen) atoms. The lowest BCUT2D eigenvalue weighted by atomic mass is 9.92. The van der Waals surface area contributed by atoms with Crippen LogP contribution in [0.15, 0.2) is 152 Å². The highest BCUT2D eigenvalue weighted by molar-refractivity contribution is 6.28. The van der Waals surface area contributed by atoms with Gasteiger partial charge in [0.15, 0.2) is 0 Å². The Morgan fingerprint density at radius 3 is 1.82 bits per heavy atom. The smallest absolute Gasteiger partial charge is 0.411 e. The van der Waals surface area contributed by atoms with Crippen LogP contribution in [0.4, 0.5) is 21.9 Å². The largest absolute Gasteiger partial charge is 0.444 e. The van der Waals surface area contributed by atoms with Crippen molar-refractivity contribution in [2.24, 2.45) is 5.92 Å². The predicted molar refractivity (Wildman–Crippen MR) is 346 cm³/mol. The highest BCUT2D eigenvalue weighted by Crippen LogP contribution is 2.38. The molecular formula is C70H74N10O11. The van der Waals surface area contributed by atoms with Crippen LogP contribution in [-0.2, 0) is 41.7 Å². The lowest BCUT2D eigenvalue weighted by molar-refractivity contribution is -0.137. The van der Waals surface area contributed by atoms with E-state index in [1.54, 1.807) is 60.7 Å². The molecule has 3 atom stereocenters. The Morgan fingerprint density at radius 1 is 0.571 bits per heavy atom. The first-order valence-electron chi connectivity index (χ1n) is 30.8. The van der Waals surface area contributed by atoms with Crippen molar-refractivity contribution in [3.63, 3.8) is 0 Å². The van der Waals surface area contributed by atoms with Crippen LogP contribution in [0.1, 0.15) is 105 Å². The quantitative estimate of drug-likeness (QED) is 0.0279. The van der Waals surface area contributed by atoms with Crippen molar-refractivity contribution in [1.29, 1.82) is 0 Å². The number of carbonyl (C=O) groups is 10. The molecular weight excluding hydrogens is 1160 g/mol. The van der Waals surface area contributed by atoms with Crippen LogP contribution in [0, 0.1) is 5.92 Å². The number of benzene rings is 6. The lowest BCUT2D eigenvalue weighted by Crippen LogP contribution is -2.52. The minimum atomic E-state index is -1.02. The Hall–Kier alpha value is -10.1. The molecule has 0 aliphatic carbocycles. The minimum Gasteiger partial charge on any atom is -0.444 e. The number of ether oxygens (including phenoxy) is 1. The Labute approximate surface area is 527 Å². The number of anilines is 3. The number of imide groups is 3. The maximum absolute atomic E-state index is 14.0. The van der Waals surface area contributed by atoms with Gasteiger partial charge in [0.2, 0.25) is 17.7 Å². The summed E-state index contributed by atoms with van der Waals surface area (Å²) < 4.78 is 5.58. The molecule has 4 N–H and O–H groups in total. The third kappa shape index (κ3) is 15.1. The number of nitrogens with zero attached hydrogens (tertiary/aromatic N) is 6. The third-order valence-electron chi connectivity index (χ3n) is 16.8. The lowest BCUT2D eigenvalue weighted by Gasteiger charge is -2.30. The van der Waals surface area contributed by atoms with Gasteiger partial charge >= 0.3 is 6.09 Å². The predicted octanol–water partition coefficient (Wildman–Crippen LogP) is 8.42. The van der Waals surface area contributed by atoms with Crippen LogP contribution >= 0.6 is 0 Å². The van der Waals surface area contributed by atoms with E-state index in [1.807, 2.05) is 86.0 Å². The van der Waals surface area contributed by atoms with Gasteiger partial charge in [-0.1, -0.05) is 92.2 Å². The van der Waals surface area contributed by atoms with Gasteiger partial charge in [0.1, 0.15) is 18.7 Å². The summed E-state index contributed by atoms with van der Waals surface area (Å²) in [6.07, 6.45) is 13.6. The van der Waals surface area contributed by atoms with Crippen molar-refractivity contribution in [1.82, 2.24) is 35.1 Å². The Bertz CT molecular complexity index is 3860. The molecule has 0 spiro atoms. The fourth-order valence-electron chi connectivity index (χ4n) is 11.6. The molecule has 0 aromatic heterocycles. The molecule has 21 heteroatoms. The summed E-state index contributed by atoms with van der Waals surface area (Å²) in [6.45, 7) is 6.41. The molecule has 470 valence electrons. The van der Waals surface area contributed by atoms with Gasteiger partial charge in [-0.05, 0) is 125 Å². The fraction of sp³-hybridized carbons (Fsp3) is 0.314. The van der Waals surface area contributed by atoms with Gasteiger partial charge in [-0.15, -0.1) is 0 Å². The standard InChI is InChI=1S/C70H74N10O11/c1-45-15-13-36-77(38-33-45)58-30-28-55-63-51(58)19-12-21-53(63)67(87)80(69(55)89)42-40-76(4)35-14-34-75(3)39-41-79-66(86)52-20-11-18-50-56(29-27-54(62(50)52)68(79)88)74-70(90)91-44-48-23-25-49(26-24-48)72-65(85)57(43-47-16-7-5-8-17-47)73-64(84)46(2)71-59(81)22-9-6-10-37-78-60(82)31-32-61(78)83/h5,7-8,11-13,16-21,23-33,36,38,45-46,57H,6,9-10,14-15,22,34-35,37,39-44H2,1-4H3,(H,71,81)(H,72,85)(H,73,84)(H,74,90)/t45?,46?,57-/m0/s1. The molecule has 10 rings (SSSR count). The Balaban J connectivity index is 0.659. The number of amides is 10. The van der Waals surface area contributed by atoms with Crippen molar-refractivity contribution in [2.45, 2.75) is 77.5 Å². The van der Waals surface area contributed by atoms with Gasteiger partial charge in [0.25, 0.3) is 35.4 Å². The number of carbonyl (C=O) groups excluding carboxylic acids is 10. The summed E-state index contributed by atoms with van der Waals surface area (Å²) in [7, 11) is 3.88. The molecule has 0 radical (unpaired) electrons. The van der Waals surface area contributed by atoms with Gasteiger partial charge in [0, 0.05) is 120 Å². The number of allylic oxidation sites excluding steroid dienone is 2. The zero-order chi connectivity index (χ0) is 64.3. The molecule has 0 bridgehead atoms. The maximum Gasteiger partial charge on any atom is 0.411 e. The van der Waals surface area contributed by atoms with Crippen LogP contribution in [-0.4, -0.2) is 156 Å². The summed E-state index contributed by atoms with van der Waals surface area (Å²) in [5.41, 5.74) is 4.73. The van der Waals surface area contributed by atoms with Crippen molar-refractivity contribution < 1.29 is 52.7 Å². The van der Waals surface area contributed by atoms with Crippen molar-refractivity contribution >= 4 is 97.9 Å². The number of likely N-dealkylation sites (N-methyl/N-ethyl adjacent to an activating group) is 2. The van der Waals surface area contributed by atoms with E-state index in [0.717, 1.165) is 34.4 Å². The molecule has 2 unspecified atom stereocenters. The normalized spacial score (nSPS) is 15.9. The molecule has 6 aromatic rings. The molecule has 0 saturated carbocycles. The monoisotopic (exact) mass is 1230 g/mol. The average molecular weight is 1230 g/mol. The molecule has 4 aliphatic rings. The van der Waals surface area contributed by atoms with Crippen molar-refractivity contribution in [2.75, 3.05) is 75.4 Å². The van der Waals surface area contributed by atoms with Gasteiger partial charge in [-0.2, -0.15) is 0 Å². The number of rotatable bonds is 27. The second-order valence-electron chi connectivity index (χ2n) is 23.5. The topological polar surface area (TPSA) is 247 Å². The van der Waals surface area contributed by atoms with E-state index in [0.29, 0.717) is 107 Å². The first-order valence-corrected chi connectivity index (χ1v) is 30.8. The minimum absolute atomic E-state index is 0.131. The van der Waals surface area contributed by atoms with Crippen LogP contribution in [0.5, 0.6) is 0 Å². The second kappa shape index (κ2) is 29.0.